The third-order valence-corrected chi connectivity index (χ3v) is 5.57. The lowest BCUT2D eigenvalue weighted by Crippen LogP contribution is -2.44. The Bertz CT molecular complexity index is 1170. The number of aliphatic carboxylic acids is 2. The Balaban J connectivity index is 2.53. The maximum absolute atomic E-state index is 14.1. The van der Waals surface area contributed by atoms with Crippen LogP contribution in [0.2, 0.25) is 5.02 Å². The summed E-state index contributed by atoms with van der Waals surface area (Å²) in [5.74, 6) is -4.51. The highest BCUT2D eigenvalue weighted by Crippen LogP contribution is 2.40. The molecule has 0 radical (unpaired) electrons. The molecule has 0 unspecified atom stereocenters. The van der Waals surface area contributed by atoms with Gasteiger partial charge in [-0.15, -0.1) is 0 Å². The number of carbonyl (C=O) groups excluding carboxylic acids is 1. The molecule has 3 rings (SSSR count). The Morgan fingerprint density at radius 1 is 1.07 bits per heavy atom. The second-order valence-electron chi connectivity index (χ2n) is 6.84. The molecule has 8 heteroatoms. The van der Waals surface area contributed by atoms with Crippen molar-refractivity contribution in [2.75, 3.05) is 0 Å². The number of aromatic nitrogens is 1. The Morgan fingerprint density at radius 2 is 1.73 bits per heavy atom. The van der Waals surface area contributed by atoms with Gasteiger partial charge >= 0.3 is 11.9 Å². The summed E-state index contributed by atoms with van der Waals surface area (Å²) in [6.45, 7) is 3.38. The standard InChI is InChI=1S/C22H19ClFNO5/c1-3-22(20(27)28,21(29)30)17-15-11-14(24)8-9-16(15)25(4-2)18(17)19(26)12-6-5-7-13(23)10-12/h5-11H,3-4H2,1-2H3,(H,27,28)(H,29,30). The number of ketones is 1. The fraction of sp³-hybridized carbons (Fsp3) is 0.227. The highest BCUT2D eigenvalue weighted by molar-refractivity contribution is 6.31. The molecule has 0 bridgehead atoms. The van der Waals surface area contributed by atoms with Gasteiger partial charge in [0.25, 0.3) is 0 Å². The first-order valence-corrected chi connectivity index (χ1v) is 9.66. The number of benzene rings is 2. The highest BCUT2D eigenvalue weighted by Gasteiger charge is 2.51. The van der Waals surface area contributed by atoms with Crippen molar-refractivity contribution in [2.24, 2.45) is 0 Å². The zero-order valence-corrected chi connectivity index (χ0v) is 17.0. The fourth-order valence-electron chi connectivity index (χ4n) is 3.87. The molecule has 0 spiro atoms. The average Bonchev–Trinajstić information content (AvgIpc) is 3.01. The van der Waals surface area contributed by atoms with Crippen LogP contribution < -0.4 is 0 Å². The van der Waals surface area contributed by atoms with E-state index in [2.05, 4.69) is 0 Å². The molecule has 30 heavy (non-hydrogen) atoms. The minimum absolute atomic E-state index is 0.0777. The van der Waals surface area contributed by atoms with Crippen LogP contribution >= 0.6 is 11.6 Å². The lowest BCUT2D eigenvalue weighted by atomic mass is 9.75. The van der Waals surface area contributed by atoms with E-state index < -0.39 is 29.0 Å². The molecule has 1 aromatic heterocycles. The van der Waals surface area contributed by atoms with Crippen LogP contribution in [0.5, 0.6) is 0 Å². The van der Waals surface area contributed by atoms with Crippen molar-refractivity contribution in [1.82, 2.24) is 4.57 Å². The van der Waals surface area contributed by atoms with Gasteiger partial charge in [0.05, 0.1) is 5.69 Å². The SMILES string of the molecule is CCn1c(C(=O)c2cccc(Cl)c2)c(C(CC)(C(=O)O)C(=O)O)c2cc(F)ccc21. The summed E-state index contributed by atoms with van der Waals surface area (Å²) in [5, 5.41) is 20.3. The Morgan fingerprint density at radius 3 is 2.27 bits per heavy atom. The number of rotatable bonds is 7. The predicted molar refractivity (Wildman–Crippen MR) is 110 cm³/mol. The number of carbonyl (C=O) groups is 3. The van der Waals surface area contributed by atoms with E-state index in [9.17, 15) is 29.0 Å². The van der Waals surface area contributed by atoms with E-state index in [0.29, 0.717) is 10.5 Å². The van der Waals surface area contributed by atoms with Crippen molar-refractivity contribution >= 4 is 40.2 Å². The molecule has 0 aliphatic rings. The molecular formula is C22H19ClFNO5. The molecule has 2 N–H and O–H groups in total. The minimum Gasteiger partial charge on any atom is -0.480 e. The molecule has 0 amide bonds. The van der Waals surface area contributed by atoms with Crippen molar-refractivity contribution in [3.63, 3.8) is 0 Å². The zero-order valence-electron chi connectivity index (χ0n) is 16.3. The van der Waals surface area contributed by atoms with Crippen molar-refractivity contribution in [3.8, 4) is 0 Å². The summed E-state index contributed by atoms with van der Waals surface area (Å²) in [6.07, 6.45) is -0.340. The molecule has 3 aromatic rings. The number of hydrogen-bond donors (Lipinski definition) is 2. The van der Waals surface area contributed by atoms with Gasteiger partial charge in [0.1, 0.15) is 5.82 Å². The van der Waals surface area contributed by atoms with E-state index >= 15 is 0 Å². The van der Waals surface area contributed by atoms with E-state index in [1.54, 1.807) is 19.1 Å². The van der Waals surface area contributed by atoms with Crippen LogP contribution in [-0.4, -0.2) is 32.5 Å². The van der Waals surface area contributed by atoms with E-state index in [4.69, 9.17) is 11.6 Å². The van der Waals surface area contributed by atoms with Gasteiger partial charge in [-0.3, -0.25) is 14.4 Å². The number of halogens is 2. The Labute approximate surface area is 176 Å². The quantitative estimate of drug-likeness (QED) is 0.424. The molecule has 0 aliphatic carbocycles. The van der Waals surface area contributed by atoms with Gasteiger partial charge in [-0.1, -0.05) is 30.7 Å². The first kappa shape index (κ1) is 21.5. The first-order valence-electron chi connectivity index (χ1n) is 9.28. The van der Waals surface area contributed by atoms with E-state index in [1.165, 1.54) is 35.8 Å². The Kier molecular flexibility index (Phi) is 5.67. The lowest BCUT2D eigenvalue weighted by molar-refractivity contribution is -0.157. The molecule has 156 valence electrons. The smallest absolute Gasteiger partial charge is 0.325 e. The summed E-state index contributed by atoms with van der Waals surface area (Å²) >= 11 is 6.01. The molecular weight excluding hydrogens is 413 g/mol. The summed E-state index contributed by atoms with van der Waals surface area (Å²) < 4.78 is 15.6. The van der Waals surface area contributed by atoms with Crippen molar-refractivity contribution in [3.05, 3.63) is 70.1 Å². The lowest BCUT2D eigenvalue weighted by Gasteiger charge is -2.25. The largest absolute Gasteiger partial charge is 0.480 e. The molecule has 0 aliphatic heterocycles. The van der Waals surface area contributed by atoms with Crippen LogP contribution in [0.1, 0.15) is 41.9 Å². The van der Waals surface area contributed by atoms with Crippen LogP contribution in [0, 0.1) is 5.82 Å². The molecule has 0 saturated heterocycles. The normalized spacial score (nSPS) is 11.6. The molecule has 6 nitrogen and oxygen atoms in total. The zero-order chi connectivity index (χ0) is 22.2. The summed E-state index contributed by atoms with van der Waals surface area (Å²) in [6, 6.07) is 9.73. The van der Waals surface area contributed by atoms with Crippen LogP contribution in [0.15, 0.2) is 42.5 Å². The van der Waals surface area contributed by atoms with Gasteiger partial charge in [0.2, 0.25) is 5.78 Å². The number of carboxylic acid groups (broad SMARTS) is 2. The van der Waals surface area contributed by atoms with Crippen LogP contribution in [0.25, 0.3) is 10.9 Å². The molecule has 0 fully saturated rings. The van der Waals surface area contributed by atoms with Crippen LogP contribution in [0.4, 0.5) is 4.39 Å². The van der Waals surface area contributed by atoms with E-state index in [0.717, 1.165) is 6.07 Å². The summed E-state index contributed by atoms with van der Waals surface area (Å²) in [4.78, 5) is 38.0. The van der Waals surface area contributed by atoms with E-state index in [-0.39, 0.29) is 35.2 Å². The predicted octanol–water partition coefficient (Wildman–Crippen LogP) is 4.50. The van der Waals surface area contributed by atoms with Crippen molar-refractivity contribution in [2.45, 2.75) is 32.2 Å². The van der Waals surface area contributed by atoms with Gasteiger partial charge in [0.15, 0.2) is 5.41 Å². The van der Waals surface area contributed by atoms with Gasteiger partial charge in [-0.25, -0.2) is 4.39 Å². The molecule has 0 saturated carbocycles. The number of carboxylic acids is 2. The molecule has 1 heterocycles. The monoisotopic (exact) mass is 431 g/mol. The number of hydrogen-bond acceptors (Lipinski definition) is 3. The third-order valence-electron chi connectivity index (χ3n) is 5.33. The highest BCUT2D eigenvalue weighted by atomic mass is 35.5. The van der Waals surface area contributed by atoms with Crippen LogP contribution in [-0.2, 0) is 21.5 Å². The van der Waals surface area contributed by atoms with Gasteiger partial charge in [-0.05, 0) is 43.7 Å². The Hall–Kier alpha value is -3.19. The average molecular weight is 432 g/mol. The second kappa shape index (κ2) is 7.91. The maximum Gasteiger partial charge on any atom is 0.325 e. The third kappa shape index (κ3) is 3.15. The van der Waals surface area contributed by atoms with Gasteiger partial charge in [0, 0.05) is 33.6 Å². The van der Waals surface area contributed by atoms with Crippen LogP contribution in [0.3, 0.4) is 0 Å². The summed E-state index contributed by atoms with van der Waals surface area (Å²) in [7, 11) is 0. The number of aryl methyl sites for hydroxylation is 1. The molecule has 2 aromatic carbocycles. The topological polar surface area (TPSA) is 96.6 Å². The summed E-state index contributed by atoms with van der Waals surface area (Å²) in [5.41, 5.74) is -2.23. The maximum atomic E-state index is 14.1. The second-order valence-corrected chi connectivity index (χ2v) is 7.27. The number of nitrogens with zero attached hydrogens (tertiary/aromatic N) is 1. The van der Waals surface area contributed by atoms with Gasteiger partial charge < -0.3 is 14.8 Å². The fourth-order valence-corrected chi connectivity index (χ4v) is 4.06. The first-order chi connectivity index (χ1) is 14.2. The van der Waals surface area contributed by atoms with Crippen molar-refractivity contribution in [1.29, 1.82) is 0 Å². The molecule has 0 atom stereocenters. The number of fused-ring (bicyclic) bond motifs is 1. The minimum atomic E-state index is -2.43. The van der Waals surface area contributed by atoms with E-state index in [1.807, 2.05) is 0 Å². The van der Waals surface area contributed by atoms with Gasteiger partial charge in [-0.2, -0.15) is 0 Å². The van der Waals surface area contributed by atoms with Crippen molar-refractivity contribution < 1.29 is 29.0 Å².